The van der Waals surface area contributed by atoms with Crippen molar-refractivity contribution < 1.29 is 0 Å². The van der Waals surface area contributed by atoms with Crippen molar-refractivity contribution in [1.82, 2.24) is 0 Å². The highest BCUT2D eigenvalue weighted by atomic mass is 14.3. The van der Waals surface area contributed by atoms with Gasteiger partial charge in [-0.25, -0.2) is 0 Å². The lowest BCUT2D eigenvalue weighted by atomic mass is 9.75. The highest BCUT2D eigenvalue weighted by Gasteiger charge is 2.28. The van der Waals surface area contributed by atoms with Gasteiger partial charge >= 0.3 is 0 Å². The van der Waals surface area contributed by atoms with Gasteiger partial charge in [0.2, 0.25) is 0 Å². The van der Waals surface area contributed by atoms with Crippen molar-refractivity contribution in [1.29, 1.82) is 0 Å². The fourth-order valence-electron chi connectivity index (χ4n) is 9.23. The second-order valence-corrected chi connectivity index (χ2v) is 17.4. The number of benzene rings is 8. The number of fused-ring (bicyclic) bond motifs is 3. The Kier molecular flexibility index (Phi) is 9.96. The fourth-order valence-corrected chi connectivity index (χ4v) is 9.23. The summed E-state index contributed by atoms with van der Waals surface area (Å²) in [5.41, 5.74) is 18.6. The second-order valence-electron chi connectivity index (χ2n) is 17.4. The van der Waals surface area contributed by atoms with Crippen molar-refractivity contribution in [2.45, 2.75) is 92.9 Å². The van der Waals surface area contributed by atoms with Crippen molar-refractivity contribution in [3.63, 3.8) is 0 Å². The van der Waals surface area contributed by atoms with Crippen molar-refractivity contribution in [3.05, 3.63) is 167 Å². The van der Waals surface area contributed by atoms with Crippen LogP contribution in [0.1, 0.15) is 112 Å². The molecule has 0 aliphatic carbocycles. The zero-order chi connectivity index (χ0) is 39.4. The Balaban J connectivity index is 1.82. The zero-order valence-corrected chi connectivity index (χ0v) is 35.0. The van der Waals surface area contributed by atoms with Crippen LogP contribution in [0.4, 0.5) is 0 Å². The van der Waals surface area contributed by atoms with Gasteiger partial charge in [-0.1, -0.05) is 176 Å². The van der Waals surface area contributed by atoms with E-state index < -0.39 is 0 Å². The van der Waals surface area contributed by atoms with Crippen LogP contribution in [0.5, 0.6) is 0 Å². The van der Waals surface area contributed by atoms with Gasteiger partial charge in [-0.3, -0.25) is 0 Å². The number of hydrogen-bond donors (Lipinski definition) is 0. The molecule has 0 heteroatoms. The van der Waals surface area contributed by atoms with E-state index in [1.807, 2.05) is 0 Å². The second kappa shape index (κ2) is 14.9. The summed E-state index contributed by atoms with van der Waals surface area (Å²) in [5.74, 6) is 1.54. The molecule has 0 N–H and O–H groups in total. The van der Waals surface area contributed by atoms with Gasteiger partial charge in [0.25, 0.3) is 0 Å². The van der Waals surface area contributed by atoms with E-state index in [-0.39, 0.29) is 0 Å². The molecule has 0 spiro atoms. The lowest BCUT2D eigenvalue weighted by Crippen LogP contribution is -2.04. The maximum Gasteiger partial charge on any atom is -0.000139 e. The van der Waals surface area contributed by atoms with E-state index >= 15 is 0 Å². The molecular weight excluding hydrogens is 673 g/mol. The Morgan fingerprint density at radius 3 is 0.750 bits per heavy atom. The van der Waals surface area contributed by atoms with Gasteiger partial charge in [-0.15, -0.1) is 0 Å². The zero-order valence-electron chi connectivity index (χ0n) is 35.0. The van der Waals surface area contributed by atoms with Crippen molar-refractivity contribution >= 4 is 32.3 Å². The molecule has 0 saturated carbocycles. The third kappa shape index (κ3) is 6.44. The topological polar surface area (TPSA) is 0 Å². The number of aryl methyl sites for hydroxylation is 2. The lowest BCUT2D eigenvalue weighted by molar-refractivity contribution is 0.793. The van der Waals surface area contributed by atoms with E-state index in [0.717, 1.165) is 0 Å². The van der Waals surface area contributed by atoms with E-state index in [1.165, 1.54) is 110 Å². The van der Waals surface area contributed by atoms with Crippen molar-refractivity contribution in [2.75, 3.05) is 0 Å². The van der Waals surface area contributed by atoms with Crippen molar-refractivity contribution in [3.8, 4) is 44.5 Å². The van der Waals surface area contributed by atoms with Gasteiger partial charge in [-0.05, 0) is 161 Å². The molecule has 8 rings (SSSR count). The van der Waals surface area contributed by atoms with Crippen LogP contribution < -0.4 is 0 Å². The molecule has 0 aliphatic rings. The quantitative estimate of drug-likeness (QED) is 0.137. The molecule has 0 unspecified atom stereocenters. The predicted molar refractivity (Wildman–Crippen MR) is 247 cm³/mol. The van der Waals surface area contributed by atoms with Crippen LogP contribution in [-0.2, 0) is 0 Å². The van der Waals surface area contributed by atoms with Gasteiger partial charge in [0.15, 0.2) is 0 Å². The monoisotopic (exact) mass is 728 g/mol. The van der Waals surface area contributed by atoms with E-state index in [1.54, 1.807) is 0 Å². The predicted octanol–water partition coefficient (Wildman–Crippen LogP) is 16.9. The summed E-state index contributed by atoms with van der Waals surface area (Å²) < 4.78 is 0. The molecule has 8 aromatic rings. The van der Waals surface area contributed by atoms with Gasteiger partial charge in [-0.2, -0.15) is 0 Å². The summed E-state index contributed by atoms with van der Waals surface area (Å²) in [6.45, 7) is 23.2. The first-order chi connectivity index (χ1) is 26.9. The number of rotatable bonds is 8. The van der Waals surface area contributed by atoms with E-state index in [0.29, 0.717) is 23.7 Å². The number of hydrogen-bond acceptors (Lipinski definition) is 0. The maximum atomic E-state index is 2.57. The van der Waals surface area contributed by atoms with Crippen LogP contribution in [0.25, 0.3) is 76.8 Å². The molecule has 0 atom stereocenters. The molecule has 8 aromatic carbocycles. The van der Waals surface area contributed by atoms with Crippen LogP contribution in [-0.4, -0.2) is 0 Å². The van der Waals surface area contributed by atoms with Crippen molar-refractivity contribution in [2.24, 2.45) is 0 Å². The molecular formula is C56H56. The summed E-state index contributed by atoms with van der Waals surface area (Å²) >= 11 is 0. The first kappa shape index (κ1) is 37.5. The van der Waals surface area contributed by atoms with Crippen LogP contribution in [0.3, 0.4) is 0 Å². The standard InChI is InChI=1S/C56H56/c1-33(2)43-29-47-49(31-45(43)35(5)6)53(41-25-21-37(9)22-26-41)56-52(40-19-15-12-16-20-40)48-30-44(34(3)4)46(36(7)8)32-50(48)54(42-27-23-38(10)24-28-42)55(56)51(47)39-17-13-11-14-18-39/h11-36H,1-10H3. The molecule has 0 aromatic heterocycles. The van der Waals surface area contributed by atoms with Gasteiger partial charge in [0.05, 0.1) is 0 Å². The van der Waals surface area contributed by atoms with Gasteiger partial charge in [0.1, 0.15) is 0 Å². The van der Waals surface area contributed by atoms with Gasteiger partial charge < -0.3 is 0 Å². The summed E-state index contributed by atoms with van der Waals surface area (Å²) in [6.07, 6.45) is 0. The Labute approximate surface area is 335 Å². The Morgan fingerprint density at radius 2 is 0.518 bits per heavy atom. The smallest absolute Gasteiger partial charge is 0.000139 e. The lowest BCUT2D eigenvalue weighted by Gasteiger charge is -2.28. The van der Waals surface area contributed by atoms with E-state index in [9.17, 15) is 0 Å². The van der Waals surface area contributed by atoms with Crippen LogP contribution in [0, 0.1) is 13.8 Å². The minimum atomic E-state index is 0.384. The third-order valence-electron chi connectivity index (χ3n) is 12.1. The first-order valence-electron chi connectivity index (χ1n) is 20.8. The Morgan fingerprint density at radius 1 is 0.286 bits per heavy atom. The molecule has 0 bridgehead atoms. The Hall–Kier alpha value is -5.46. The average Bonchev–Trinajstić information content (AvgIpc) is 3.19. The molecule has 0 heterocycles. The molecule has 56 heavy (non-hydrogen) atoms. The molecule has 0 saturated heterocycles. The molecule has 0 radical (unpaired) electrons. The van der Waals surface area contributed by atoms with Crippen LogP contribution in [0.15, 0.2) is 133 Å². The highest BCUT2D eigenvalue weighted by Crippen LogP contribution is 2.55. The molecule has 0 fully saturated rings. The minimum Gasteiger partial charge on any atom is -0.0622 e. The molecule has 280 valence electrons. The first-order valence-corrected chi connectivity index (χ1v) is 20.8. The summed E-state index contributed by atoms with van der Waals surface area (Å²) in [6, 6.07) is 51.4. The third-order valence-corrected chi connectivity index (χ3v) is 12.1. The van der Waals surface area contributed by atoms with Crippen LogP contribution in [0.2, 0.25) is 0 Å². The molecule has 0 nitrogen and oxygen atoms in total. The van der Waals surface area contributed by atoms with Gasteiger partial charge in [0, 0.05) is 0 Å². The fraction of sp³-hybridized carbons (Fsp3) is 0.250. The molecule has 0 amide bonds. The van der Waals surface area contributed by atoms with E-state index in [2.05, 4.69) is 203 Å². The Bertz CT molecular complexity index is 2510. The molecule has 0 aliphatic heterocycles. The van der Waals surface area contributed by atoms with E-state index in [4.69, 9.17) is 0 Å². The minimum absolute atomic E-state index is 0.384. The summed E-state index contributed by atoms with van der Waals surface area (Å²) in [7, 11) is 0. The van der Waals surface area contributed by atoms with Crippen LogP contribution >= 0.6 is 0 Å². The maximum absolute atomic E-state index is 2.57. The normalized spacial score (nSPS) is 12.0. The largest absolute Gasteiger partial charge is 0.0622 e. The SMILES string of the molecule is Cc1ccc(-c2c3cc(C(C)C)c(C(C)C)cc3c(-c3ccccc3)c3c(-c4ccc(C)cc4)c4cc(C(C)C)c(C(C)C)cc4c(-c4ccccc4)c23)cc1. The highest BCUT2D eigenvalue weighted by molar-refractivity contribution is 6.34. The average molecular weight is 729 g/mol. The summed E-state index contributed by atoms with van der Waals surface area (Å²) in [4.78, 5) is 0. The summed E-state index contributed by atoms with van der Waals surface area (Å²) in [5, 5.41) is 7.94.